The summed E-state index contributed by atoms with van der Waals surface area (Å²) in [6.07, 6.45) is 5.23. The maximum atomic E-state index is 6.04. The number of fused-ring (bicyclic) bond motifs is 3. The molecule has 0 atom stereocenters. The molecule has 5 aromatic heterocycles. The number of oxazole rings is 2. The van der Waals surface area contributed by atoms with Gasteiger partial charge in [0.1, 0.15) is 22.9 Å². The standard InChI is InChI=1S/C50H32N6O3/c1-2-8-37(9-3-1)55(39-26-18-35(19-27-39)47-53-43-11-6-30-51-49(43)58-47)38-22-14-33(15-23-38)34-16-24-40(25-17-34)56(45-32-57-46-13-5-4-10-42(45)46)41-28-20-36(21-29-41)48-54-44-12-7-31-52-50(44)59-48/h1-32H. The first-order valence-electron chi connectivity index (χ1n) is 19.2. The fourth-order valence-electron chi connectivity index (χ4n) is 7.49. The summed E-state index contributed by atoms with van der Waals surface area (Å²) < 4.78 is 17.9. The van der Waals surface area contributed by atoms with E-state index >= 15 is 0 Å². The van der Waals surface area contributed by atoms with Gasteiger partial charge in [0.05, 0.1) is 5.69 Å². The quantitative estimate of drug-likeness (QED) is 0.142. The minimum absolute atomic E-state index is 0.517. The summed E-state index contributed by atoms with van der Waals surface area (Å²) in [5.74, 6) is 1.07. The Morgan fingerprint density at radius 1 is 0.373 bits per heavy atom. The van der Waals surface area contributed by atoms with Crippen molar-refractivity contribution in [2.45, 2.75) is 0 Å². The predicted molar refractivity (Wildman–Crippen MR) is 233 cm³/mol. The summed E-state index contributed by atoms with van der Waals surface area (Å²) in [5.41, 5.74) is 13.3. The van der Waals surface area contributed by atoms with Crippen LogP contribution in [0.4, 0.5) is 34.1 Å². The van der Waals surface area contributed by atoms with Crippen LogP contribution in [0.2, 0.25) is 0 Å². The van der Waals surface area contributed by atoms with Gasteiger partial charge in [-0.3, -0.25) is 0 Å². The van der Waals surface area contributed by atoms with Gasteiger partial charge in [-0.25, -0.2) is 19.9 Å². The summed E-state index contributed by atoms with van der Waals surface area (Å²) in [6.45, 7) is 0. The molecule has 0 unspecified atom stereocenters. The van der Waals surface area contributed by atoms with Crippen molar-refractivity contribution < 1.29 is 13.3 Å². The van der Waals surface area contributed by atoms with Gasteiger partial charge >= 0.3 is 0 Å². The zero-order valence-electron chi connectivity index (χ0n) is 31.4. The van der Waals surface area contributed by atoms with Crippen LogP contribution in [-0.4, -0.2) is 19.9 Å². The number of rotatable bonds is 9. The van der Waals surface area contributed by atoms with Gasteiger partial charge in [0, 0.05) is 57.3 Å². The van der Waals surface area contributed by atoms with Crippen molar-refractivity contribution in [2.24, 2.45) is 0 Å². The third kappa shape index (κ3) is 6.33. The fourth-order valence-corrected chi connectivity index (χ4v) is 7.49. The van der Waals surface area contributed by atoms with E-state index in [0.717, 1.165) is 78.4 Å². The highest BCUT2D eigenvalue weighted by Crippen LogP contribution is 2.42. The molecule has 11 rings (SSSR count). The fraction of sp³-hybridized carbons (Fsp3) is 0. The SMILES string of the molecule is c1ccc(N(c2ccc(-c3ccc(N(c4ccc(-c5nc6cccnc6o5)cc4)c4coc5ccccc45)cc3)cc2)c2ccc(-c3nc4cccnc4o3)cc2)cc1. The van der Waals surface area contributed by atoms with E-state index in [-0.39, 0.29) is 0 Å². The first kappa shape index (κ1) is 34.0. The Hall–Kier alpha value is -8.30. The molecular formula is C50H32N6O3. The van der Waals surface area contributed by atoms with Crippen LogP contribution in [0.1, 0.15) is 0 Å². The van der Waals surface area contributed by atoms with E-state index in [1.807, 2.05) is 79.1 Å². The van der Waals surface area contributed by atoms with Gasteiger partial charge < -0.3 is 23.1 Å². The molecule has 0 bridgehead atoms. The van der Waals surface area contributed by atoms with Crippen molar-refractivity contribution in [1.82, 2.24) is 19.9 Å². The molecule has 11 aromatic rings. The monoisotopic (exact) mass is 764 g/mol. The van der Waals surface area contributed by atoms with Crippen LogP contribution >= 0.6 is 0 Å². The molecule has 0 spiro atoms. The Morgan fingerprint density at radius 2 is 0.814 bits per heavy atom. The summed E-state index contributed by atoms with van der Waals surface area (Å²) in [6, 6.07) is 59.7. The lowest BCUT2D eigenvalue weighted by Gasteiger charge is -2.26. The number of para-hydroxylation sites is 2. The Labute approximate surface area is 338 Å². The summed E-state index contributed by atoms with van der Waals surface area (Å²) in [5, 5.41) is 1.02. The van der Waals surface area contributed by atoms with E-state index in [1.54, 1.807) is 12.4 Å². The third-order valence-electron chi connectivity index (χ3n) is 10.4. The van der Waals surface area contributed by atoms with E-state index in [2.05, 4.69) is 133 Å². The van der Waals surface area contributed by atoms with Crippen LogP contribution in [0, 0.1) is 0 Å². The van der Waals surface area contributed by atoms with Gasteiger partial charge in [0.25, 0.3) is 0 Å². The number of furan rings is 1. The van der Waals surface area contributed by atoms with Crippen molar-refractivity contribution in [3.63, 3.8) is 0 Å². The van der Waals surface area contributed by atoms with Gasteiger partial charge in [0.15, 0.2) is 0 Å². The van der Waals surface area contributed by atoms with Crippen molar-refractivity contribution in [3.05, 3.63) is 195 Å². The van der Waals surface area contributed by atoms with Crippen LogP contribution in [0.15, 0.2) is 208 Å². The summed E-state index contributed by atoms with van der Waals surface area (Å²) in [7, 11) is 0. The van der Waals surface area contributed by atoms with Crippen molar-refractivity contribution >= 4 is 67.6 Å². The van der Waals surface area contributed by atoms with E-state index in [4.69, 9.17) is 13.3 Å². The second kappa shape index (κ2) is 14.3. The maximum absolute atomic E-state index is 6.04. The molecule has 9 heteroatoms. The zero-order valence-corrected chi connectivity index (χ0v) is 31.4. The topological polar surface area (TPSA) is 97.5 Å². The third-order valence-corrected chi connectivity index (χ3v) is 10.4. The van der Waals surface area contributed by atoms with Crippen molar-refractivity contribution in [1.29, 1.82) is 0 Å². The molecule has 0 saturated heterocycles. The normalized spacial score (nSPS) is 11.4. The number of aromatic nitrogens is 4. The largest absolute Gasteiger partial charge is 0.462 e. The number of hydrogen-bond acceptors (Lipinski definition) is 9. The van der Waals surface area contributed by atoms with Crippen LogP contribution < -0.4 is 9.80 Å². The molecule has 0 aliphatic heterocycles. The van der Waals surface area contributed by atoms with Crippen molar-refractivity contribution in [2.75, 3.05) is 9.80 Å². The molecule has 0 aliphatic rings. The number of hydrogen-bond donors (Lipinski definition) is 0. The molecule has 0 fully saturated rings. The smallest absolute Gasteiger partial charge is 0.247 e. The summed E-state index contributed by atoms with van der Waals surface area (Å²) in [4.78, 5) is 22.3. The second-order valence-corrected chi connectivity index (χ2v) is 14.0. The Balaban J connectivity index is 0.898. The van der Waals surface area contributed by atoms with E-state index in [9.17, 15) is 0 Å². The molecule has 0 radical (unpaired) electrons. The van der Waals surface area contributed by atoms with Gasteiger partial charge in [-0.15, -0.1) is 0 Å². The predicted octanol–water partition coefficient (Wildman–Crippen LogP) is 13.4. The molecule has 6 aromatic carbocycles. The van der Waals surface area contributed by atoms with Crippen LogP contribution in [0.5, 0.6) is 0 Å². The molecule has 0 saturated carbocycles. The molecule has 0 N–H and O–H groups in total. The molecular weight excluding hydrogens is 733 g/mol. The summed E-state index contributed by atoms with van der Waals surface area (Å²) >= 11 is 0. The Bertz CT molecular complexity index is 3140. The average molecular weight is 765 g/mol. The lowest BCUT2D eigenvalue weighted by Crippen LogP contribution is -2.09. The Morgan fingerprint density at radius 3 is 1.32 bits per heavy atom. The van der Waals surface area contributed by atoms with Crippen LogP contribution in [0.3, 0.4) is 0 Å². The molecule has 9 nitrogen and oxygen atoms in total. The average Bonchev–Trinajstić information content (AvgIpc) is 4.06. The lowest BCUT2D eigenvalue weighted by atomic mass is 10.0. The van der Waals surface area contributed by atoms with Gasteiger partial charge in [0.2, 0.25) is 23.2 Å². The molecule has 5 heterocycles. The van der Waals surface area contributed by atoms with E-state index in [0.29, 0.717) is 23.2 Å². The van der Waals surface area contributed by atoms with Gasteiger partial charge in [-0.1, -0.05) is 54.6 Å². The number of pyridine rings is 2. The second-order valence-electron chi connectivity index (χ2n) is 14.0. The van der Waals surface area contributed by atoms with Gasteiger partial charge in [-0.05, 0) is 132 Å². The maximum Gasteiger partial charge on any atom is 0.247 e. The highest BCUT2D eigenvalue weighted by atomic mass is 16.4. The number of anilines is 6. The van der Waals surface area contributed by atoms with Gasteiger partial charge in [-0.2, -0.15) is 0 Å². The molecule has 59 heavy (non-hydrogen) atoms. The number of nitrogens with zero attached hydrogens (tertiary/aromatic N) is 6. The van der Waals surface area contributed by atoms with Crippen LogP contribution in [0.25, 0.3) is 67.5 Å². The van der Waals surface area contributed by atoms with E-state index < -0.39 is 0 Å². The minimum atomic E-state index is 0.517. The van der Waals surface area contributed by atoms with Crippen LogP contribution in [-0.2, 0) is 0 Å². The first-order chi connectivity index (χ1) is 29.2. The Kier molecular flexibility index (Phi) is 8.25. The highest BCUT2D eigenvalue weighted by molar-refractivity contribution is 5.97. The molecule has 0 aliphatic carbocycles. The van der Waals surface area contributed by atoms with Crippen molar-refractivity contribution in [3.8, 4) is 34.0 Å². The first-order valence-corrected chi connectivity index (χ1v) is 19.2. The highest BCUT2D eigenvalue weighted by Gasteiger charge is 2.20. The lowest BCUT2D eigenvalue weighted by molar-refractivity contribution is 0.607. The molecule has 0 amide bonds. The minimum Gasteiger partial charge on any atom is -0.462 e. The zero-order chi connectivity index (χ0) is 39.1. The molecule has 280 valence electrons. The number of benzene rings is 6. The van der Waals surface area contributed by atoms with E-state index in [1.165, 1.54) is 0 Å².